The number of rotatable bonds is 9. The van der Waals surface area contributed by atoms with E-state index < -0.39 is 5.60 Å². The molecule has 0 saturated heterocycles. The molecule has 1 atom stereocenters. The normalized spacial score (nSPS) is 13.8. The second kappa shape index (κ2) is 9.36. The van der Waals surface area contributed by atoms with Gasteiger partial charge in [0, 0.05) is 32.2 Å². The highest BCUT2D eigenvalue weighted by molar-refractivity contribution is 5.67. The zero-order chi connectivity index (χ0) is 17.4. The van der Waals surface area contributed by atoms with Gasteiger partial charge in [-0.3, -0.25) is 0 Å². The van der Waals surface area contributed by atoms with Crippen LogP contribution in [0.4, 0.5) is 4.79 Å². The Labute approximate surface area is 136 Å². The minimum atomic E-state index is -0.462. The molecule has 5 heteroatoms. The second-order valence-electron chi connectivity index (χ2n) is 7.46. The van der Waals surface area contributed by atoms with Gasteiger partial charge in [0.25, 0.3) is 0 Å². The summed E-state index contributed by atoms with van der Waals surface area (Å²) in [4.78, 5) is 13.5. The average Bonchev–Trinajstić information content (AvgIpc) is 2.42. The fourth-order valence-corrected chi connectivity index (χ4v) is 2.31. The summed E-state index contributed by atoms with van der Waals surface area (Å²) in [5.74, 6) is 0.322. The predicted octanol–water partition coefficient (Wildman–Crippen LogP) is 2.88. The summed E-state index contributed by atoms with van der Waals surface area (Å²) >= 11 is 0. The van der Waals surface area contributed by atoms with Crippen LogP contribution in [0, 0.1) is 11.3 Å². The summed E-state index contributed by atoms with van der Waals surface area (Å²) in [5.41, 5.74) is -0.493. The first-order valence-electron chi connectivity index (χ1n) is 8.35. The van der Waals surface area contributed by atoms with Crippen molar-refractivity contribution in [3.05, 3.63) is 0 Å². The van der Waals surface area contributed by atoms with E-state index in [-0.39, 0.29) is 18.1 Å². The summed E-state index contributed by atoms with van der Waals surface area (Å²) in [6, 6.07) is 0. The molecule has 0 saturated carbocycles. The molecule has 1 amide bonds. The Morgan fingerprint density at radius 3 is 2.23 bits per heavy atom. The second-order valence-corrected chi connectivity index (χ2v) is 7.46. The van der Waals surface area contributed by atoms with Crippen LogP contribution in [-0.4, -0.2) is 55.0 Å². The van der Waals surface area contributed by atoms with Crippen LogP contribution >= 0.6 is 0 Å². The third-order valence-corrected chi connectivity index (χ3v) is 4.12. The zero-order valence-corrected chi connectivity index (χ0v) is 15.5. The third kappa shape index (κ3) is 7.99. The number of amides is 1. The Balaban J connectivity index is 4.18. The minimum Gasteiger partial charge on any atom is -0.444 e. The molecular formula is C17H36N2O3. The van der Waals surface area contributed by atoms with E-state index in [9.17, 15) is 9.90 Å². The van der Waals surface area contributed by atoms with E-state index in [4.69, 9.17) is 4.74 Å². The summed E-state index contributed by atoms with van der Waals surface area (Å²) in [6.07, 6.45) is 1.63. The molecule has 22 heavy (non-hydrogen) atoms. The number of nitrogens with one attached hydrogen (secondary N) is 1. The van der Waals surface area contributed by atoms with Crippen molar-refractivity contribution in [2.45, 2.75) is 60.0 Å². The molecule has 0 aliphatic carbocycles. The number of carbonyl (C=O) groups is 1. The van der Waals surface area contributed by atoms with Crippen LogP contribution in [0.2, 0.25) is 0 Å². The van der Waals surface area contributed by atoms with Crippen molar-refractivity contribution in [1.82, 2.24) is 10.2 Å². The van der Waals surface area contributed by atoms with Gasteiger partial charge in [-0.05, 0) is 46.1 Å². The van der Waals surface area contributed by atoms with Gasteiger partial charge in [0.1, 0.15) is 5.60 Å². The lowest BCUT2D eigenvalue weighted by molar-refractivity contribution is 0.0275. The lowest BCUT2D eigenvalue weighted by atomic mass is 9.83. The van der Waals surface area contributed by atoms with Crippen LogP contribution in [0.25, 0.3) is 0 Å². The van der Waals surface area contributed by atoms with E-state index in [1.165, 1.54) is 0 Å². The van der Waals surface area contributed by atoms with Gasteiger partial charge in [-0.1, -0.05) is 20.8 Å². The molecule has 5 nitrogen and oxygen atoms in total. The molecule has 0 aliphatic heterocycles. The standard InChI is InChI=1S/C17H36N2O3/c1-8-17(9-2,13-20)12-18-10-14(3)11-19(7)15(21)22-16(4,5)6/h14,18,20H,8-13H2,1-7H3. The Hall–Kier alpha value is -0.810. The molecule has 0 rings (SSSR count). The molecule has 1 unspecified atom stereocenters. The van der Waals surface area contributed by atoms with E-state index >= 15 is 0 Å². The average molecular weight is 316 g/mol. The molecule has 132 valence electrons. The number of nitrogens with zero attached hydrogens (tertiary/aromatic N) is 1. The first-order chi connectivity index (χ1) is 10.1. The highest BCUT2D eigenvalue weighted by Gasteiger charge is 2.25. The summed E-state index contributed by atoms with van der Waals surface area (Å²) in [6.45, 7) is 14.4. The third-order valence-electron chi connectivity index (χ3n) is 4.12. The quantitative estimate of drug-likeness (QED) is 0.686. The van der Waals surface area contributed by atoms with Gasteiger partial charge in [0.2, 0.25) is 0 Å². The number of ether oxygens (including phenoxy) is 1. The van der Waals surface area contributed by atoms with Crippen molar-refractivity contribution in [2.75, 3.05) is 33.3 Å². The van der Waals surface area contributed by atoms with E-state index in [2.05, 4.69) is 26.1 Å². The number of aliphatic hydroxyl groups is 1. The Morgan fingerprint density at radius 2 is 1.82 bits per heavy atom. The highest BCUT2D eigenvalue weighted by Crippen LogP contribution is 2.24. The lowest BCUT2D eigenvalue weighted by Crippen LogP contribution is -2.41. The van der Waals surface area contributed by atoms with Gasteiger partial charge in [0.05, 0.1) is 0 Å². The van der Waals surface area contributed by atoms with Crippen LogP contribution in [0.1, 0.15) is 54.4 Å². The maximum atomic E-state index is 11.9. The van der Waals surface area contributed by atoms with Crippen LogP contribution in [0.5, 0.6) is 0 Å². The first kappa shape index (κ1) is 21.2. The smallest absolute Gasteiger partial charge is 0.410 e. The monoisotopic (exact) mass is 316 g/mol. The molecule has 0 heterocycles. The number of carbonyl (C=O) groups excluding carboxylic acids is 1. The predicted molar refractivity (Wildman–Crippen MR) is 91.0 cm³/mol. The maximum absolute atomic E-state index is 11.9. The SMILES string of the molecule is CCC(CC)(CO)CNCC(C)CN(C)C(=O)OC(C)(C)C. The van der Waals surface area contributed by atoms with Crippen molar-refractivity contribution in [3.63, 3.8) is 0 Å². The molecule has 0 radical (unpaired) electrons. The lowest BCUT2D eigenvalue weighted by Gasteiger charge is -2.31. The minimum absolute atomic E-state index is 0.0310. The number of hydrogen-bond acceptors (Lipinski definition) is 4. The van der Waals surface area contributed by atoms with Crippen molar-refractivity contribution >= 4 is 6.09 Å². The van der Waals surface area contributed by atoms with Crippen LogP contribution in [-0.2, 0) is 4.74 Å². The van der Waals surface area contributed by atoms with Gasteiger partial charge in [-0.15, -0.1) is 0 Å². The molecule has 0 aromatic carbocycles. The van der Waals surface area contributed by atoms with Crippen LogP contribution in [0.3, 0.4) is 0 Å². The molecule has 0 bridgehead atoms. The van der Waals surface area contributed by atoms with Crippen LogP contribution in [0.15, 0.2) is 0 Å². The van der Waals surface area contributed by atoms with Gasteiger partial charge in [0.15, 0.2) is 0 Å². The van der Waals surface area contributed by atoms with Gasteiger partial charge < -0.3 is 20.1 Å². The van der Waals surface area contributed by atoms with Crippen molar-refractivity contribution in [1.29, 1.82) is 0 Å². The fraction of sp³-hybridized carbons (Fsp3) is 0.941. The molecule has 0 fully saturated rings. The van der Waals surface area contributed by atoms with Crippen molar-refractivity contribution in [3.8, 4) is 0 Å². The highest BCUT2D eigenvalue weighted by atomic mass is 16.6. The molecule has 0 aromatic rings. The molecule has 2 N–H and O–H groups in total. The number of hydrogen-bond donors (Lipinski definition) is 2. The summed E-state index contributed by atoms with van der Waals surface area (Å²) in [7, 11) is 1.76. The molecule has 0 spiro atoms. The van der Waals surface area contributed by atoms with Crippen molar-refractivity contribution in [2.24, 2.45) is 11.3 Å². The first-order valence-corrected chi connectivity index (χ1v) is 8.35. The number of aliphatic hydroxyl groups excluding tert-OH is 1. The summed E-state index contributed by atoms with van der Waals surface area (Å²) < 4.78 is 5.34. The largest absolute Gasteiger partial charge is 0.444 e. The van der Waals surface area contributed by atoms with Gasteiger partial charge >= 0.3 is 6.09 Å². The van der Waals surface area contributed by atoms with Gasteiger partial charge in [-0.2, -0.15) is 0 Å². The van der Waals surface area contributed by atoms with Crippen LogP contribution < -0.4 is 5.32 Å². The summed E-state index contributed by atoms with van der Waals surface area (Å²) in [5, 5.41) is 13.0. The van der Waals surface area contributed by atoms with E-state index in [1.54, 1.807) is 11.9 Å². The molecule has 0 aromatic heterocycles. The topological polar surface area (TPSA) is 61.8 Å². The Kier molecular flexibility index (Phi) is 9.01. The van der Waals surface area contributed by atoms with E-state index in [0.717, 1.165) is 25.9 Å². The fourth-order valence-electron chi connectivity index (χ4n) is 2.31. The van der Waals surface area contributed by atoms with Gasteiger partial charge in [-0.25, -0.2) is 4.79 Å². The maximum Gasteiger partial charge on any atom is 0.410 e. The van der Waals surface area contributed by atoms with E-state index in [1.807, 2.05) is 20.8 Å². The van der Waals surface area contributed by atoms with Crippen molar-refractivity contribution < 1.29 is 14.6 Å². The molecule has 0 aliphatic rings. The Bertz CT molecular complexity index is 314. The zero-order valence-electron chi connectivity index (χ0n) is 15.5. The molecular weight excluding hydrogens is 280 g/mol. The van der Waals surface area contributed by atoms with E-state index in [0.29, 0.717) is 12.5 Å². The Morgan fingerprint density at radius 1 is 1.27 bits per heavy atom.